The van der Waals surface area contributed by atoms with Gasteiger partial charge in [-0.05, 0) is 43.7 Å². The van der Waals surface area contributed by atoms with Gasteiger partial charge in [-0.2, -0.15) is 10.2 Å². The average molecular weight is 339 g/mol. The number of likely N-dealkylation sites (tertiary alicyclic amines) is 1. The Labute approximate surface area is 146 Å². The van der Waals surface area contributed by atoms with Crippen LogP contribution in [0.25, 0.3) is 11.3 Å². The minimum absolute atomic E-state index is 0.144. The van der Waals surface area contributed by atoms with Crippen molar-refractivity contribution in [1.82, 2.24) is 15.1 Å². The summed E-state index contributed by atoms with van der Waals surface area (Å²) in [5.41, 5.74) is 9.18. The van der Waals surface area contributed by atoms with Gasteiger partial charge in [0.2, 0.25) is 0 Å². The molecule has 0 bridgehead atoms. The number of carbonyl (C=O) groups is 1. The molecule has 1 amide bonds. The van der Waals surface area contributed by atoms with E-state index in [2.05, 4.69) is 20.4 Å². The van der Waals surface area contributed by atoms with Gasteiger partial charge >= 0.3 is 0 Å². The summed E-state index contributed by atoms with van der Waals surface area (Å²) in [5, 5.41) is 11.5. The number of nitrogens with one attached hydrogen (secondary N) is 1. The number of rotatable bonds is 3. The molecule has 0 radical (unpaired) electrons. The molecule has 2 unspecified atom stereocenters. The summed E-state index contributed by atoms with van der Waals surface area (Å²) in [4.78, 5) is 14.1. The molecule has 3 N–H and O–H groups in total. The van der Waals surface area contributed by atoms with Gasteiger partial charge in [0, 0.05) is 31.2 Å². The van der Waals surface area contributed by atoms with Crippen LogP contribution >= 0.6 is 0 Å². The van der Waals surface area contributed by atoms with Crippen LogP contribution in [0.5, 0.6) is 5.75 Å². The van der Waals surface area contributed by atoms with E-state index in [1.807, 2.05) is 30.3 Å². The van der Waals surface area contributed by atoms with Gasteiger partial charge in [0.25, 0.3) is 5.91 Å². The van der Waals surface area contributed by atoms with E-state index in [0.717, 1.165) is 43.0 Å². The molecule has 7 heteroatoms. The second kappa shape index (κ2) is 6.42. The van der Waals surface area contributed by atoms with Crippen LogP contribution in [0, 0.1) is 0 Å². The third-order valence-corrected chi connectivity index (χ3v) is 4.62. The quantitative estimate of drug-likeness (QED) is 0.878. The molecule has 4 rings (SSSR count). The third-order valence-electron chi connectivity index (χ3n) is 4.62. The van der Waals surface area contributed by atoms with Gasteiger partial charge in [-0.3, -0.25) is 9.69 Å². The van der Waals surface area contributed by atoms with Crippen molar-refractivity contribution in [3.63, 3.8) is 0 Å². The fraction of sp³-hybridized carbons (Fsp3) is 0.389. The summed E-state index contributed by atoms with van der Waals surface area (Å²) >= 11 is 0. The zero-order valence-electron chi connectivity index (χ0n) is 14.1. The SMILES string of the molecule is CC1Oc2ccc(-c3ccc(CN4CCC(N)C4)nn3)cc2NC1=O. The van der Waals surface area contributed by atoms with Gasteiger partial charge in [-0.1, -0.05) is 0 Å². The molecule has 130 valence electrons. The highest BCUT2D eigenvalue weighted by Crippen LogP contribution is 2.33. The Kier molecular flexibility index (Phi) is 4.10. The average Bonchev–Trinajstić information content (AvgIpc) is 3.01. The second-order valence-corrected chi connectivity index (χ2v) is 6.65. The summed E-state index contributed by atoms with van der Waals surface area (Å²) < 4.78 is 5.57. The number of anilines is 1. The van der Waals surface area contributed by atoms with Crippen LogP contribution in [-0.4, -0.2) is 46.2 Å². The molecule has 2 aliphatic heterocycles. The lowest BCUT2D eigenvalue weighted by atomic mass is 10.1. The molecule has 2 atom stereocenters. The summed E-state index contributed by atoms with van der Waals surface area (Å²) in [5.74, 6) is 0.528. The first-order chi connectivity index (χ1) is 12.1. The van der Waals surface area contributed by atoms with E-state index in [9.17, 15) is 4.79 Å². The maximum absolute atomic E-state index is 11.8. The first kappa shape index (κ1) is 16.0. The lowest BCUT2D eigenvalue weighted by molar-refractivity contribution is -0.122. The summed E-state index contributed by atoms with van der Waals surface area (Å²) in [6.07, 6.45) is 0.559. The maximum Gasteiger partial charge on any atom is 0.265 e. The predicted molar refractivity (Wildman–Crippen MR) is 94.1 cm³/mol. The highest BCUT2D eigenvalue weighted by Gasteiger charge is 2.24. The van der Waals surface area contributed by atoms with Crippen LogP contribution in [0.4, 0.5) is 5.69 Å². The number of fused-ring (bicyclic) bond motifs is 1. The van der Waals surface area contributed by atoms with E-state index in [1.165, 1.54) is 0 Å². The number of aromatic nitrogens is 2. The monoisotopic (exact) mass is 339 g/mol. The highest BCUT2D eigenvalue weighted by atomic mass is 16.5. The molecule has 1 aromatic heterocycles. The van der Waals surface area contributed by atoms with Gasteiger partial charge in [0.05, 0.1) is 17.1 Å². The first-order valence-electron chi connectivity index (χ1n) is 8.51. The molecule has 1 saturated heterocycles. The predicted octanol–water partition coefficient (Wildman–Crippen LogP) is 1.40. The number of hydrogen-bond donors (Lipinski definition) is 2. The Balaban J connectivity index is 1.50. The van der Waals surface area contributed by atoms with Gasteiger partial charge in [0.15, 0.2) is 6.10 Å². The Morgan fingerprint density at radius 1 is 1.32 bits per heavy atom. The summed E-state index contributed by atoms with van der Waals surface area (Å²) in [7, 11) is 0. The number of amides is 1. The van der Waals surface area contributed by atoms with Crippen LogP contribution in [0.3, 0.4) is 0 Å². The Bertz CT molecular complexity index is 793. The van der Waals surface area contributed by atoms with Crippen molar-refractivity contribution < 1.29 is 9.53 Å². The molecule has 2 aliphatic rings. The number of carbonyl (C=O) groups excluding carboxylic acids is 1. The van der Waals surface area contributed by atoms with Gasteiger partial charge < -0.3 is 15.8 Å². The second-order valence-electron chi connectivity index (χ2n) is 6.65. The normalized spacial score (nSPS) is 23.0. The maximum atomic E-state index is 11.8. The van der Waals surface area contributed by atoms with E-state index < -0.39 is 6.10 Å². The number of nitrogens with two attached hydrogens (primary N) is 1. The molecular formula is C18H21N5O2. The molecule has 1 aromatic carbocycles. The Hall–Kier alpha value is -2.51. The van der Waals surface area contributed by atoms with Crippen molar-refractivity contribution in [3.05, 3.63) is 36.0 Å². The van der Waals surface area contributed by atoms with Crippen molar-refractivity contribution >= 4 is 11.6 Å². The lowest BCUT2D eigenvalue weighted by Crippen LogP contribution is -2.34. The fourth-order valence-corrected chi connectivity index (χ4v) is 3.20. The molecule has 0 saturated carbocycles. The van der Waals surface area contributed by atoms with E-state index in [1.54, 1.807) is 6.92 Å². The smallest absolute Gasteiger partial charge is 0.265 e. The third kappa shape index (κ3) is 3.33. The summed E-state index contributed by atoms with van der Waals surface area (Å²) in [6, 6.07) is 9.84. The fourth-order valence-electron chi connectivity index (χ4n) is 3.20. The summed E-state index contributed by atoms with van der Waals surface area (Å²) in [6.45, 7) is 4.41. The molecule has 0 aliphatic carbocycles. The lowest BCUT2D eigenvalue weighted by Gasteiger charge is -2.23. The van der Waals surface area contributed by atoms with E-state index in [0.29, 0.717) is 11.4 Å². The number of hydrogen-bond acceptors (Lipinski definition) is 6. The van der Waals surface area contributed by atoms with Crippen molar-refractivity contribution in [2.24, 2.45) is 5.73 Å². The van der Waals surface area contributed by atoms with Crippen LogP contribution in [0.15, 0.2) is 30.3 Å². The molecule has 7 nitrogen and oxygen atoms in total. The molecule has 3 heterocycles. The standard InChI is InChI=1S/C18H21N5O2/c1-11-18(24)20-16-8-12(2-5-17(16)25-11)15-4-3-14(21-22-15)10-23-7-6-13(19)9-23/h2-5,8,11,13H,6-7,9-10,19H2,1H3,(H,20,24). The molecule has 2 aromatic rings. The minimum Gasteiger partial charge on any atom is -0.479 e. The van der Waals surface area contributed by atoms with E-state index >= 15 is 0 Å². The Morgan fingerprint density at radius 3 is 2.92 bits per heavy atom. The number of nitrogens with zero attached hydrogens (tertiary/aromatic N) is 3. The van der Waals surface area contributed by atoms with Crippen LogP contribution in [-0.2, 0) is 11.3 Å². The molecule has 1 fully saturated rings. The van der Waals surface area contributed by atoms with Crippen molar-refractivity contribution in [3.8, 4) is 17.0 Å². The zero-order chi connectivity index (χ0) is 17.4. The number of benzene rings is 1. The van der Waals surface area contributed by atoms with Gasteiger partial charge in [0.1, 0.15) is 5.75 Å². The Morgan fingerprint density at radius 2 is 2.20 bits per heavy atom. The van der Waals surface area contributed by atoms with Crippen molar-refractivity contribution in [1.29, 1.82) is 0 Å². The van der Waals surface area contributed by atoms with E-state index in [4.69, 9.17) is 10.5 Å². The van der Waals surface area contributed by atoms with Gasteiger partial charge in [-0.15, -0.1) is 0 Å². The first-order valence-corrected chi connectivity index (χ1v) is 8.51. The van der Waals surface area contributed by atoms with Gasteiger partial charge in [-0.25, -0.2) is 0 Å². The van der Waals surface area contributed by atoms with E-state index in [-0.39, 0.29) is 11.9 Å². The van der Waals surface area contributed by atoms with Crippen LogP contribution in [0.2, 0.25) is 0 Å². The zero-order valence-corrected chi connectivity index (χ0v) is 14.1. The topological polar surface area (TPSA) is 93.4 Å². The molecule has 0 spiro atoms. The van der Waals surface area contributed by atoms with Crippen molar-refractivity contribution in [2.75, 3.05) is 18.4 Å². The highest BCUT2D eigenvalue weighted by molar-refractivity contribution is 5.98. The molecule has 25 heavy (non-hydrogen) atoms. The van der Waals surface area contributed by atoms with Crippen LogP contribution < -0.4 is 15.8 Å². The molecular weight excluding hydrogens is 318 g/mol. The minimum atomic E-state index is -0.476. The van der Waals surface area contributed by atoms with Crippen molar-refractivity contribution in [2.45, 2.75) is 32.0 Å². The number of ether oxygens (including phenoxy) is 1. The largest absolute Gasteiger partial charge is 0.479 e. The van der Waals surface area contributed by atoms with Crippen LogP contribution in [0.1, 0.15) is 19.0 Å².